The van der Waals surface area contributed by atoms with Crippen LogP contribution in [0.3, 0.4) is 0 Å². The van der Waals surface area contributed by atoms with E-state index in [2.05, 4.69) is 4.74 Å². The van der Waals surface area contributed by atoms with Crippen LogP contribution in [0.1, 0.15) is 28.8 Å². The third kappa shape index (κ3) is 5.66. The van der Waals surface area contributed by atoms with E-state index in [0.29, 0.717) is 31.5 Å². The van der Waals surface area contributed by atoms with Crippen LogP contribution in [-0.2, 0) is 4.79 Å². The molecular weight excluding hydrogens is 430 g/mol. The average molecular weight is 451 g/mol. The van der Waals surface area contributed by atoms with Gasteiger partial charge in [-0.3, -0.25) is 9.59 Å². The minimum Gasteiger partial charge on any atom is -0.493 e. The Labute approximate surface area is 182 Å². The number of benzene rings is 2. The number of rotatable bonds is 7. The second kappa shape index (κ2) is 10.3. The molecule has 0 atom stereocenters. The summed E-state index contributed by atoms with van der Waals surface area (Å²) in [4.78, 5) is 26.5. The monoisotopic (exact) mass is 451 g/mol. The highest BCUT2D eigenvalue weighted by molar-refractivity contribution is 5.98. The largest absolute Gasteiger partial charge is 0.493 e. The summed E-state index contributed by atoms with van der Waals surface area (Å²) in [6, 6.07) is 7.05. The van der Waals surface area contributed by atoms with E-state index in [1.54, 1.807) is 4.90 Å². The zero-order chi connectivity index (χ0) is 23.3. The summed E-state index contributed by atoms with van der Waals surface area (Å²) in [6.45, 7) is -2.40. The van der Waals surface area contributed by atoms with Crippen LogP contribution in [0.25, 0.3) is 6.08 Å². The van der Waals surface area contributed by atoms with Gasteiger partial charge in [0.05, 0.1) is 12.7 Å². The molecule has 0 aromatic heterocycles. The molecule has 2 aromatic carbocycles. The molecule has 1 saturated heterocycles. The number of methoxy groups -OCH3 is 1. The molecule has 3 rings (SSSR count). The molecule has 0 aliphatic carbocycles. The third-order valence-electron chi connectivity index (χ3n) is 5.19. The number of likely N-dealkylation sites (tertiary alicyclic amines) is 1. The molecule has 1 fully saturated rings. The zero-order valence-corrected chi connectivity index (χ0v) is 17.2. The van der Waals surface area contributed by atoms with Crippen molar-refractivity contribution in [2.75, 3.05) is 20.2 Å². The van der Waals surface area contributed by atoms with Crippen molar-refractivity contribution in [1.82, 2.24) is 4.90 Å². The summed E-state index contributed by atoms with van der Waals surface area (Å²) in [5, 5.41) is 0. The van der Waals surface area contributed by atoms with E-state index >= 15 is 0 Å². The van der Waals surface area contributed by atoms with Crippen LogP contribution in [0.4, 0.5) is 17.6 Å². The van der Waals surface area contributed by atoms with Crippen LogP contribution in [0.5, 0.6) is 11.5 Å². The van der Waals surface area contributed by atoms with Crippen LogP contribution in [0.15, 0.2) is 42.5 Å². The number of hydrogen-bond donors (Lipinski definition) is 0. The van der Waals surface area contributed by atoms with Crippen LogP contribution in [0, 0.1) is 17.6 Å². The number of ether oxygens (including phenoxy) is 2. The molecule has 5 nitrogen and oxygen atoms in total. The molecule has 0 saturated carbocycles. The van der Waals surface area contributed by atoms with E-state index in [-0.39, 0.29) is 23.0 Å². The number of Topliss-reactive ketones (excluding diaryl/α,β-unsaturated/α-hetero) is 1. The Morgan fingerprint density at radius 3 is 2.44 bits per heavy atom. The Morgan fingerprint density at radius 2 is 1.78 bits per heavy atom. The molecule has 1 aliphatic heterocycles. The Kier molecular flexibility index (Phi) is 7.50. The molecule has 0 N–H and O–H groups in total. The first-order valence-corrected chi connectivity index (χ1v) is 9.87. The number of carbonyl (C=O) groups excluding carboxylic acids is 2. The van der Waals surface area contributed by atoms with Gasteiger partial charge in [-0.1, -0.05) is 6.07 Å². The van der Waals surface area contributed by atoms with Crippen molar-refractivity contribution in [2.45, 2.75) is 19.5 Å². The van der Waals surface area contributed by atoms with Crippen LogP contribution in [0.2, 0.25) is 0 Å². The summed E-state index contributed by atoms with van der Waals surface area (Å²) in [7, 11) is 1.31. The second-order valence-electron chi connectivity index (χ2n) is 7.21. The van der Waals surface area contributed by atoms with E-state index in [4.69, 9.17) is 4.74 Å². The second-order valence-corrected chi connectivity index (χ2v) is 7.21. The van der Waals surface area contributed by atoms with E-state index in [9.17, 15) is 27.2 Å². The first-order valence-electron chi connectivity index (χ1n) is 9.87. The minimum absolute atomic E-state index is 0.101. The Bertz CT molecular complexity index is 1020. The molecule has 1 aliphatic rings. The fraction of sp³-hybridized carbons (Fsp3) is 0.304. The highest BCUT2D eigenvalue weighted by atomic mass is 19.3. The Balaban J connectivity index is 1.59. The summed E-state index contributed by atoms with van der Waals surface area (Å²) < 4.78 is 61.4. The maximum Gasteiger partial charge on any atom is 0.387 e. The maximum absolute atomic E-state index is 13.9. The van der Waals surface area contributed by atoms with Crippen molar-refractivity contribution in [3.63, 3.8) is 0 Å². The molecule has 9 heteroatoms. The van der Waals surface area contributed by atoms with Gasteiger partial charge >= 0.3 is 6.61 Å². The van der Waals surface area contributed by atoms with Gasteiger partial charge in [-0.2, -0.15) is 8.78 Å². The molecule has 170 valence electrons. The van der Waals surface area contributed by atoms with Gasteiger partial charge in [-0.25, -0.2) is 8.78 Å². The lowest BCUT2D eigenvalue weighted by molar-refractivity contribution is -0.127. The normalized spacial score (nSPS) is 14.8. The van der Waals surface area contributed by atoms with Crippen LogP contribution >= 0.6 is 0 Å². The summed E-state index contributed by atoms with van der Waals surface area (Å²) in [5.41, 5.74) is 0.270. The molecule has 1 heterocycles. The fourth-order valence-electron chi connectivity index (χ4n) is 3.52. The Morgan fingerprint density at radius 1 is 1.06 bits per heavy atom. The molecule has 1 amide bonds. The van der Waals surface area contributed by atoms with Gasteiger partial charge < -0.3 is 14.4 Å². The lowest BCUT2D eigenvalue weighted by atomic mass is 9.88. The van der Waals surface area contributed by atoms with Crippen molar-refractivity contribution >= 4 is 17.8 Å². The number of nitrogens with zero attached hydrogens (tertiary/aromatic N) is 1. The lowest BCUT2D eigenvalue weighted by Gasteiger charge is -2.30. The molecule has 0 bridgehead atoms. The predicted molar refractivity (Wildman–Crippen MR) is 109 cm³/mol. The molecule has 0 unspecified atom stereocenters. The fourth-order valence-corrected chi connectivity index (χ4v) is 3.52. The van der Waals surface area contributed by atoms with Gasteiger partial charge in [0, 0.05) is 25.1 Å². The summed E-state index contributed by atoms with van der Waals surface area (Å²) >= 11 is 0. The number of hydrogen-bond acceptors (Lipinski definition) is 4. The van der Waals surface area contributed by atoms with E-state index in [1.807, 2.05) is 0 Å². The maximum atomic E-state index is 13.9. The van der Waals surface area contributed by atoms with Gasteiger partial charge in [0.2, 0.25) is 5.91 Å². The first kappa shape index (κ1) is 23.3. The SMILES string of the molecule is COc1cc(/C=C/C(=O)N2CCC(C(=O)c3cc(F)ccc3F)CC2)ccc1OC(F)F. The minimum atomic E-state index is -2.99. The van der Waals surface area contributed by atoms with Crippen molar-refractivity contribution in [3.8, 4) is 11.5 Å². The van der Waals surface area contributed by atoms with E-state index in [1.165, 1.54) is 37.5 Å². The molecule has 32 heavy (non-hydrogen) atoms. The van der Waals surface area contributed by atoms with Gasteiger partial charge in [-0.05, 0) is 54.8 Å². The van der Waals surface area contributed by atoms with Crippen molar-refractivity contribution < 1.29 is 36.6 Å². The predicted octanol–water partition coefficient (Wildman–Crippen LogP) is 4.71. The number of piperidine rings is 1. The highest BCUT2D eigenvalue weighted by Gasteiger charge is 2.29. The van der Waals surface area contributed by atoms with Gasteiger partial charge in [-0.15, -0.1) is 0 Å². The quantitative estimate of drug-likeness (QED) is 0.348. The zero-order valence-electron chi connectivity index (χ0n) is 17.2. The third-order valence-corrected chi connectivity index (χ3v) is 5.19. The number of carbonyl (C=O) groups is 2. The Hall–Kier alpha value is -3.36. The average Bonchev–Trinajstić information content (AvgIpc) is 2.79. The van der Waals surface area contributed by atoms with Crippen molar-refractivity contribution in [2.24, 2.45) is 5.92 Å². The van der Waals surface area contributed by atoms with Crippen molar-refractivity contribution in [3.05, 3.63) is 65.2 Å². The lowest BCUT2D eigenvalue weighted by Crippen LogP contribution is -2.39. The number of ketones is 1. The standard InChI is InChI=1S/C23H21F4NO4/c1-31-20-12-14(2-6-19(20)32-23(26)27)3-7-21(29)28-10-8-15(9-11-28)22(30)17-13-16(24)4-5-18(17)25/h2-7,12-13,15,23H,8-11H2,1H3/b7-3+. The highest BCUT2D eigenvalue weighted by Crippen LogP contribution is 2.30. The molecule has 2 aromatic rings. The molecular formula is C23H21F4NO4. The number of halogens is 4. The number of amides is 1. The smallest absolute Gasteiger partial charge is 0.387 e. The van der Waals surface area contributed by atoms with Crippen LogP contribution in [-0.4, -0.2) is 43.4 Å². The first-order chi connectivity index (χ1) is 15.3. The molecule has 0 spiro atoms. The van der Waals surface area contributed by atoms with Gasteiger partial charge in [0.1, 0.15) is 11.6 Å². The van der Waals surface area contributed by atoms with Crippen LogP contribution < -0.4 is 9.47 Å². The molecule has 0 radical (unpaired) electrons. The van der Waals surface area contributed by atoms with Gasteiger partial charge in [0.25, 0.3) is 0 Å². The number of alkyl halides is 2. The van der Waals surface area contributed by atoms with Gasteiger partial charge in [0.15, 0.2) is 17.3 Å². The van der Waals surface area contributed by atoms with E-state index < -0.39 is 29.9 Å². The topological polar surface area (TPSA) is 55.8 Å². The summed E-state index contributed by atoms with van der Waals surface area (Å²) in [6.07, 6.45) is 3.51. The van der Waals surface area contributed by atoms with Crippen molar-refractivity contribution in [1.29, 1.82) is 0 Å². The van der Waals surface area contributed by atoms with E-state index in [0.717, 1.165) is 18.2 Å². The summed E-state index contributed by atoms with van der Waals surface area (Å²) in [5.74, 6) is -2.72.